The molecule has 0 saturated carbocycles. The van der Waals surface area contributed by atoms with Crippen LogP contribution in [-0.4, -0.2) is 42.0 Å². The van der Waals surface area contributed by atoms with Gasteiger partial charge in [-0.3, -0.25) is 4.98 Å². The summed E-state index contributed by atoms with van der Waals surface area (Å²) in [5, 5.41) is 8.67. The smallest absolute Gasteiger partial charge is 0.244 e. The van der Waals surface area contributed by atoms with Gasteiger partial charge >= 0.3 is 0 Å². The topological polar surface area (TPSA) is 70.5 Å². The fourth-order valence-corrected chi connectivity index (χ4v) is 4.02. The van der Waals surface area contributed by atoms with Gasteiger partial charge < -0.3 is 5.11 Å². The average molecular weight is 294 g/mol. The molecular weight excluding hydrogens is 276 g/mol. The lowest BCUT2D eigenvalue weighted by atomic mass is 10.1. The van der Waals surface area contributed by atoms with Gasteiger partial charge in [0.15, 0.2) is 0 Å². The number of nitrogens with zero attached hydrogens (tertiary/aromatic N) is 2. The zero-order chi connectivity index (χ0) is 14.6. The third-order valence-corrected chi connectivity index (χ3v) is 5.35. The lowest BCUT2D eigenvalue weighted by Gasteiger charge is -2.32. The third-order valence-electron chi connectivity index (χ3n) is 3.37. The van der Waals surface area contributed by atoms with Crippen LogP contribution in [0.3, 0.4) is 0 Å². The van der Waals surface area contributed by atoms with Gasteiger partial charge in [-0.25, -0.2) is 8.42 Å². The van der Waals surface area contributed by atoms with Crippen molar-refractivity contribution in [3.8, 4) is 11.8 Å². The van der Waals surface area contributed by atoms with Crippen LogP contribution in [0.25, 0.3) is 0 Å². The Morgan fingerprint density at radius 2 is 2.25 bits per heavy atom. The van der Waals surface area contributed by atoms with Crippen LogP contribution in [0, 0.1) is 11.8 Å². The fourth-order valence-electron chi connectivity index (χ4n) is 2.33. The summed E-state index contributed by atoms with van der Waals surface area (Å²) >= 11 is 0. The van der Waals surface area contributed by atoms with Crippen molar-refractivity contribution in [1.29, 1.82) is 0 Å². The summed E-state index contributed by atoms with van der Waals surface area (Å²) in [7, 11) is -3.52. The predicted molar refractivity (Wildman–Crippen MR) is 75.4 cm³/mol. The number of aliphatic hydroxyl groups excluding tert-OH is 1. The molecule has 108 valence electrons. The zero-order valence-electron chi connectivity index (χ0n) is 11.4. The first-order chi connectivity index (χ1) is 9.55. The highest BCUT2D eigenvalue weighted by molar-refractivity contribution is 7.89. The van der Waals surface area contributed by atoms with Gasteiger partial charge in [0.1, 0.15) is 11.5 Å². The quantitative estimate of drug-likeness (QED) is 0.826. The highest BCUT2D eigenvalue weighted by atomic mass is 32.2. The largest absolute Gasteiger partial charge is 0.384 e. The van der Waals surface area contributed by atoms with E-state index in [2.05, 4.69) is 16.8 Å². The van der Waals surface area contributed by atoms with E-state index in [0.717, 1.165) is 19.3 Å². The highest BCUT2D eigenvalue weighted by Gasteiger charge is 2.31. The Balaban J connectivity index is 2.34. The number of rotatable bonds is 2. The molecule has 1 saturated heterocycles. The number of hydrogen-bond donors (Lipinski definition) is 1. The first-order valence-corrected chi connectivity index (χ1v) is 8.06. The van der Waals surface area contributed by atoms with E-state index in [0.29, 0.717) is 12.1 Å². The van der Waals surface area contributed by atoms with E-state index in [4.69, 9.17) is 5.11 Å². The molecule has 1 aromatic heterocycles. The third kappa shape index (κ3) is 3.18. The van der Waals surface area contributed by atoms with Gasteiger partial charge in [0.05, 0.1) is 0 Å². The lowest BCUT2D eigenvalue weighted by molar-refractivity contribution is 0.268. The van der Waals surface area contributed by atoms with E-state index in [1.807, 2.05) is 6.92 Å². The van der Waals surface area contributed by atoms with Crippen LogP contribution in [0.15, 0.2) is 23.4 Å². The van der Waals surface area contributed by atoms with E-state index >= 15 is 0 Å². The minimum atomic E-state index is -3.52. The van der Waals surface area contributed by atoms with Gasteiger partial charge in [-0.05, 0) is 25.8 Å². The summed E-state index contributed by atoms with van der Waals surface area (Å²) in [6, 6.07) is 1.52. The molecule has 0 bridgehead atoms. The van der Waals surface area contributed by atoms with Crippen LogP contribution in [0.4, 0.5) is 0 Å². The summed E-state index contributed by atoms with van der Waals surface area (Å²) in [6.45, 7) is 2.22. The minimum absolute atomic E-state index is 0.0148. The minimum Gasteiger partial charge on any atom is -0.384 e. The molecule has 1 aliphatic heterocycles. The van der Waals surface area contributed by atoms with E-state index in [1.54, 1.807) is 0 Å². The van der Waals surface area contributed by atoms with Crippen molar-refractivity contribution >= 4 is 10.0 Å². The number of hydrogen-bond acceptors (Lipinski definition) is 4. The lowest BCUT2D eigenvalue weighted by Crippen LogP contribution is -2.41. The molecule has 1 unspecified atom stereocenters. The van der Waals surface area contributed by atoms with Crippen molar-refractivity contribution in [3.05, 3.63) is 24.0 Å². The summed E-state index contributed by atoms with van der Waals surface area (Å²) in [5.74, 6) is 5.16. The molecule has 2 heterocycles. The molecule has 1 atom stereocenters. The molecule has 1 N–H and O–H groups in total. The Labute approximate surface area is 119 Å². The maximum absolute atomic E-state index is 12.6. The Morgan fingerprint density at radius 3 is 2.95 bits per heavy atom. The van der Waals surface area contributed by atoms with Crippen LogP contribution < -0.4 is 0 Å². The van der Waals surface area contributed by atoms with E-state index in [9.17, 15) is 8.42 Å². The van der Waals surface area contributed by atoms with Crippen LogP contribution >= 0.6 is 0 Å². The molecule has 0 spiro atoms. The predicted octanol–water partition coefficient (Wildman–Crippen LogP) is 0.989. The molecule has 0 aliphatic carbocycles. The molecular formula is C14H18N2O3S. The van der Waals surface area contributed by atoms with Crippen molar-refractivity contribution in [1.82, 2.24) is 9.29 Å². The van der Waals surface area contributed by atoms with Crippen LogP contribution in [0.2, 0.25) is 0 Å². The Morgan fingerprint density at radius 1 is 1.45 bits per heavy atom. The van der Waals surface area contributed by atoms with Crippen molar-refractivity contribution in [3.63, 3.8) is 0 Å². The van der Waals surface area contributed by atoms with Crippen LogP contribution in [0.1, 0.15) is 31.7 Å². The molecule has 2 rings (SSSR count). The Kier molecular flexibility index (Phi) is 4.76. The van der Waals surface area contributed by atoms with Gasteiger partial charge in [0.25, 0.3) is 0 Å². The van der Waals surface area contributed by atoms with E-state index in [1.165, 1.54) is 22.8 Å². The number of piperidine rings is 1. The molecule has 1 fully saturated rings. The number of aromatic nitrogens is 1. The maximum atomic E-state index is 12.6. The molecule has 6 heteroatoms. The van der Waals surface area contributed by atoms with Gasteiger partial charge in [-0.2, -0.15) is 4.31 Å². The van der Waals surface area contributed by atoms with Crippen molar-refractivity contribution in [2.75, 3.05) is 13.2 Å². The highest BCUT2D eigenvalue weighted by Crippen LogP contribution is 2.24. The van der Waals surface area contributed by atoms with E-state index < -0.39 is 10.0 Å². The first kappa shape index (κ1) is 15.0. The second kappa shape index (κ2) is 6.35. The van der Waals surface area contributed by atoms with Crippen molar-refractivity contribution in [2.45, 2.75) is 37.1 Å². The first-order valence-electron chi connectivity index (χ1n) is 6.62. The number of pyridine rings is 1. The summed E-state index contributed by atoms with van der Waals surface area (Å²) in [4.78, 5) is 4.10. The second-order valence-corrected chi connectivity index (χ2v) is 6.72. The number of sulfonamides is 1. The average Bonchev–Trinajstić information content (AvgIpc) is 2.45. The molecule has 0 radical (unpaired) electrons. The SMILES string of the molecule is CC1CCCCN1S(=O)(=O)c1cncc(C#CCO)c1. The normalized spacial score (nSPS) is 20.2. The molecule has 1 aromatic rings. The summed E-state index contributed by atoms with van der Waals surface area (Å²) < 4.78 is 26.8. The van der Waals surface area contributed by atoms with Crippen LogP contribution in [0.5, 0.6) is 0 Å². The standard InChI is InChI=1S/C14H18N2O3S/c1-12-5-2-3-7-16(12)20(18,19)14-9-13(6-4-8-17)10-15-11-14/h9-12,17H,2-3,5,7-8H2,1H3. The molecule has 1 aliphatic rings. The summed E-state index contributed by atoms with van der Waals surface area (Å²) in [6.07, 6.45) is 5.67. The van der Waals surface area contributed by atoms with Crippen molar-refractivity contribution < 1.29 is 13.5 Å². The molecule has 0 aromatic carbocycles. The van der Waals surface area contributed by atoms with Crippen LogP contribution in [-0.2, 0) is 10.0 Å². The maximum Gasteiger partial charge on any atom is 0.244 e. The number of aliphatic hydroxyl groups is 1. The Hall–Kier alpha value is -1.42. The van der Waals surface area contributed by atoms with Gasteiger partial charge in [0, 0.05) is 30.5 Å². The van der Waals surface area contributed by atoms with Gasteiger partial charge in [-0.1, -0.05) is 18.3 Å². The second-order valence-electron chi connectivity index (χ2n) is 4.83. The van der Waals surface area contributed by atoms with Gasteiger partial charge in [-0.15, -0.1) is 0 Å². The molecule has 5 nitrogen and oxygen atoms in total. The van der Waals surface area contributed by atoms with E-state index in [-0.39, 0.29) is 17.5 Å². The monoisotopic (exact) mass is 294 g/mol. The summed E-state index contributed by atoms with van der Waals surface area (Å²) in [5.41, 5.74) is 0.491. The zero-order valence-corrected chi connectivity index (χ0v) is 12.2. The molecule has 20 heavy (non-hydrogen) atoms. The fraction of sp³-hybridized carbons (Fsp3) is 0.500. The van der Waals surface area contributed by atoms with Gasteiger partial charge in [0.2, 0.25) is 10.0 Å². The van der Waals surface area contributed by atoms with Crippen molar-refractivity contribution in [2.24, 2.45) is 0 Å². The molecule has 0 amide bonds. The Bertz CT molecular complexity index is 631.